The molecule has 1 atom stereocenters. The molecule has 1 heterocycles. The van der Waals surface area contributed by atoms with Crippen LogP contribution in [0.25, 0.3) is 0 Å². The summed E-state index contributed by atoms with van der Waals surface area (Å²) in [5, 5.41) is 12.5. The quantitative estimate of drug-likeness (QED) is 0.819. The van der Waals surface area contributed by atoms with Gasteiger partial charge in [0.25, 0.3) is 0 Å². The molecule has 1 saturated carbocycles. The van der Waals surface area contributed by atoms with E-state index in [0.717, 1.165) is 12.3 Å². The van der Waals surface area contributed by atoms with Crippen LogP contribution in [0.15, 0.2) is 0 Å². The molecule has 0 radical (unpaired) electrons. The second kappa shape index (κ2) is 6.67. The monoisotopic (exact) mass is 296 g/mol. The van der Waals surface area contributed by atoms with Crippen LogP contribution in [0, 0.1) is 17.3 Å². The van der Waals surface area contributed by atoms with Gasteiger partial charge in [0.05, 0.1) is 5.41 Å². The van der Waals surface area contributed by atoms with E-state index >= 15 is 0 Å². The number of amides is 2. The summed E-state index contributed by atoms with van der Waals surface area (Å²) in [7, 11) is 0. The van der Waals surface area contributed by atoms with Gasteiger partial charge in [-0.1, -0.05) is 39.5 Å². The number of carboxylic acids is 1. The molecule has 5 heteroatoms. The third kappa shape index (κ3) is 3.50. The molecule has 1 aliphatic heterocycles. The Labute approximate surface area is 127 Å². The predicted octanol–water partition coefficient (Wildman–Crippen LogP) is 2.71. The first-order valence-corrected chi connectivity index (χ1v) is 8.22. The standard InChI is InChI=1S/C16H28N2O3/c1-12(2)16(14(19)20)8-10-18(11-16)15(21)17-9-7-13-5-3-4-6-13/h12-13H,3-11H2,1-2H3,(H,17,21)(H,19,20). The maximum atomic E-state index is 12.2. The average Bonchev–Trinajstić information content (AvgIpc) is 3.08. The lowest BCUT2D eigenvalue weighted by Gasteiger charge is -2.28. The van der Waals surface area contributed by atoms with E-state index in [0.29, 0.717) is 26.1 Å². The Morgan fingerprint density at radius 1 is 1.33 bits per heavy atom. The average molecular weight is 296 g/mol. The van der Waals surface area contributed by atoms with E-state index in [-0.39, 0.29) is 11.9 Å². The van der Waals surface area contributed by atoms with Gasteiger partial charge in [-0.2, -0.15) is 0 Å². The van der Waals surface area contributed by atoms with Crippen LogP contribution in [-0.4, -0.2) is 41.6 Å². The van der Waals surface area contributed by atoms with Crippen molar-refractivity contribution in [1.82, 2.24) is 10.2 Å². The second-order valence-corrected chi connectivity index (χ2v) is 6.96. The van der Waals surface area contributed by atoms with Gasteiger partial charge in [0.2, 0.25) is 0 Å². The van der Waals surface area contributed by atoms with Gasteiger partial charge in [-0.25, -0.2) is 4.79 Å². The summed E-state index contributed by atoms with van der Waals surface area (Å²) in [6, 6.07) is -0.100. The van der Waals surface area contributed by atoms with E-state index in [2.05, 4.69) is 5.32 Å². The summed E-state index contributed by atoms with van der Waals surface area (Å²) < 4.78 is 0. The lowest BCUT2D eigenvalue weighted by atomic mass is 9.76. The fourth-order valence-electron chi connectivity index (χ4n) is 3.69. The van der Waals surface area contributed by atoms with Gasteiger partial charge >= 0.3 is 12.0 Å². The van der Waals surface area contributed by atoms with Crippen LogP contribution >= 0.6 is 0 Å². The van der Waals surface area contributed by atoms with Gasteiger partial charge < -0.3 is 15.3 Å². The molecular formula is C16H28N2O3. The number of carbonyl (C=O) groups excluding carboxylic acids is 1. The largest absolute Gasteiger partial charge is 0.481 e. The summed E-state index contributed by atoms with van der Waals surface area (Å²) in [6.45, 7) is 5.43. The third-order valence-corrected chi connectivity index (χ3v) is 5.42. The smallest absolute Gasteiger partial charge is 0.317 e. The van der Waals surface area contributed by atoms with Crippen LogP contribution < -0.4 is 5.32 Å². The molecule has 5 nitrogen and oxygen atoms in total. The highest BCUT2D eigenvalue weighted by Gasteiger charge is 2.48. The maximum absolute atomic E-state index is 12.2. The van der Waals surface area contributed by atoms with Gasteiger partial charge in [0, 0.05) is 19.6 Å². The van der Waals surface area contributed by atoms with Crippen molar-refractivity contribution in [3.63, 3.8) is 0 Å². The Balaban J connectivity index is 1.79. The van der Waals surface area contributed by atoms with Crippen molar-refractivity contribution < 1.29 is 14.7 Å². The van der Waals surface area contributed by atoms with Crippen molar-refractivity contribution in [2.75, 3.05) is 19.6 Å². The van der Waals surface area contributed by atoms with Crippen LogP contribution in [0.1, 0.15) is 52.4 Å². The number of aliphatic carboxylic acids is 1. The zero-order valence-electron chi connectivity index (χ0n) is 13.2. The number of rotatable bonds is 5. The molecule has 0 aromatic rings. The number of urea groups is 1. The predicted molar refractivity (Wildman–Crippen MR) is 81.1 cm³/mol. The van der Waals surface area contributed by atoms with E-state index in [1.807, 2.05) is 13.8 Å². The summed E-state index contributed by atoms with van der Waals surface area (Å²) in [5.41, 5.74) is -0.775. The van der Waals surface area contributed by atoms with Crippen LogP contribution in [-0.2, 0) is 4.79 Å². The van der Waals surface area contributed by atoms with E-state index in [1.165, 1.54) is 25.7 Å². The van der Waals surface area contributed by atoms with Gasteiger partial charge in [0.15, 0.2) is 0 Å². The van der Waals surface area contributed by atoms with E-state index in [1.54, 1.807) is 4.90 Å². The molecule has 2 amide bonds. The van der Waals surface area contributed by atoms with Crippen molar-refractivity contribution in [2.24, 2.45) is 17.3 Å². The number of likely N-dealkylation sites (tertiary alicyclic amines) is 1. The van der Waals surface area contributed by atoms with Crippen LogP contribution in [0.4, 0.5) is 4.79 Å². The molecule has 2 rings (SSSR count). The van der Waals surface area contributed by atoms with Crippen molar-refractivity contribution >= 4 is 12.0 Å². The first kappa shape index (κ1) is 16.1. The number of hydrogen-bond acceptors (Lipinski definition) is 2. The number of nitrogens with one attached hydrogen (secondary N) is 1. The molecule has 0 bridgehead atoms. The van der Waals surface area contributed by atoms with Crippen molar-refractivity contribution in [2.45, 2.75) is 52.4 Å². The topological polar surface area (TPSA) is 69.6 Å². The van der Waals surface area contributed by atoms with E-state index in [4.69, 9.17) is 0 Å². The fraction of sp³-hybridized carbons (Fsp3) is 0.875. The molecule has 0 aromatic carbocycles. The number of hydrogen-bond donors (Lipinski definition) is 2. The van der Waals surface area contributed by atoms with Gasteiger partial charge in [-0.15, -0.1) is 0 Å². The highest BCUT2D eigenvalue weighted by Crippen LogP contribution is 2.38. The molecule has 2 aliphatic rings. The number of nitrogens with zero attached hydrogens (tertiary/aromatic N) is 1. The summed E-state index contributed by atoms with van der Waals surface area (Å²) in [5.74, 6) is 0.0164. The lowest BCUT2D eigenvalue weighted by molar-refractivity contribution is -0.150. The maximum Gasteiger partial charge on any atom is 0.317 e. The number of carbonyl (C=O) groups is 2. The summed E-state index contributed by atoms with van der Waals surface area (Å²) in [4.78, 5) is 25.4. The molecule has 1 saturated heterocycles. The van der Waals surface area contributed by atoms with E-state index in [9.17, 15) is 14.7 Å². The third-order valence-electron chi connectivity index (χ3n) is 5.42. The minimum absolute atomic E-state index is 0.0336. The molecule has 2 N–H and O–H groups in total. The Bertz CT molecular complexity index is 391. The minimum atomic E-state index is -0.779. The minimum Gasteiger partial charge on any atom is -0.481 e. The van der Waals surface area contributed by atoms with Crippen molar-refractivity contribution in [3.05, 3.63) is 0 Å². The Morgan fingerprint density at radius 2 is 2.00 bits per heavy atom. The molecule has 120 valence electrons. The first-order valence-electron chi connectivity index (χ1n) is 8.22. The molecule has 0 spiro atoms. The zero-order valence-corrected chi connectivity index (χ0v) is 13.2. The van der Waals surface area contributed by atoms with Crippen LogP contribution in [0.3, 0.4) is 0 Å². The Kier molecular flexibility index (Phi) is 5.12. The molecule has 21 heavy (non-hydrogen) atoms. The second-order valence-electron chi connectivity index (χ2n) is 6.96. The fourth-order valence-corrected chi connectivity index (χ4v) is 3.69. The number of carboxylic acid groups (broad SMARTS) is 1. The first-order chi connectivity index (χ1) is 9.95. The Morgan fingerprint density at radius 3 is 2.52 bits per heavy atom. The van der Waals surface area contributed by atoms with Gasteiger partial charge in [-0.05, 0) is 24.7 Å². The molecule has 0 aromatic heterocycles. The summed E-state index contributed by atoms with van der Waals surface area (Å²) >= 11 is 0. The zero-order chi connectivity index (χ0) is 15.5. The van der Waals surface area contributed by atoms with Crippen molar-refractivity contribution in [1.29, 1.82) is 0 Å². The normalized spacial score (nSPS) is 26.5. The highest BCUT2D eigenvalue weighted by molar-refractivity contribution is 5.80. The Hall–Kier alpha value is -1.26. The molecule has 2 fully saturated rings. The molecular weight excluding hydrogens is 268 g/mol. The van der Waals surface area contributed by atoms with Crippen LogP contribution in [0.2, 0.25) is 0 Å². The molecule has 1 aliphatic carbocycles. The van der Waals surface area contributed by atoms with Gasteiger partial charge in [-0.3, -0.25) is 4.79 Å². The van der Waals surface area contributed by atoms with Gasteiger partial charge in [0.1, 0.15) is 0 Å². The van der Waals surface area contributed by atoms with Crippen LogP contribution in [0.5, 0.6) is 0 Å². The SMILES string of the molecule is CC(C)C1(C(=O)O)CCN(C(=O)NCCC2CCCC2)C1. The highest BCUT2D eigenvalue weighted by atomic mass is 16.4. The van der Waals surface area contributed by atoms with E-state index < -0.39 is 11.4 Å². The lowest BCUT2D eigenvalue weighted by Crippen LogP contribution is -2.44. The molecule has 1 unspecified atom stereocenters. The summed E-state index contributed by atoms with van der Waals surface area (Å²) in [6.07, 6.45) is 6.81. The van der Waals surface area contributed by atoms with Crippen molar-refractivity contribution in [3.8, 4) is 0 Å².